The van der Waals surface area contributed by atoms with Crippen molar-refractivity contribution < 1.29 is 27.8 Å². The number of sulfonamides is 1. The SMILES string of the molecule is Cc1cccc(CC(C)C)c1-c1nc(NS(=O)(=O)c2ccccc2C(=O)O)nc(OC[C@H](N)COC(C)C)c1C. The molecule has 0 saturated carbocycles. The van der Waals surface area contributed by atoms with Crippen LogP contribution in [0.25, 0.3) is 11.3 Å². The molecule has 0 saturated heterocycles. The van der Waals surface area contributed by atoms with E-state index in [0.717, 1.165) is 23.1 Å². The zero-order chi connectivity index (χ0) is 29.6. The van der Waals surface area contributed by atoms with Gasteiger partial charge in [0.15, 0.2) is 0 Å². The van der Waals surface area contributed by atoms with Crippen LogP contribution < -0.4 is 15.2 Å². The molecule has 3 rings (SSSR count). The summed E-state index contributed by atoms with van der Waals surface area (Å²) in [4.78, 5) is 20.3. The number of aryl methyl sites for hydroxylation is 1. The fourth-order valence-electron chi connectivity index (χ4n) is 4.21. The smallest absolute Gasteiger partial charge is 0.337 e. The second kappa shape index (κ2) is 13.2. The molecule has 0 bridgehead atoms. The number of benzene rings is 2. The van der Waals surface area contributed by atoms with Crippen molar-refractivity contribution in [3.63, 3.8) is 0 Å². The van der Waals surface area contributed by atoms with Crippen LogP contribution in [0.5, 0.6) is 5.88 Å². The molecule has 1 atom stereocenters. The van der Waals surface area contributed by atoms with Gasteiger partial charge in [0.2, 0.25) is 11.8 Å². The average molecular weight is 571 g/mol. The van der Waals surface area contributed by atoms with Crippen molar-refractivity contribution in [1.82, 2.24) is 9.97 Å². The number of nitrogens with one attached hydrogen (secondary N) is 1. The van der Waals surface area contributed by atoms with Crippen molar-refractivity contribution in [2.24, 2.45) is 11.7 Å². The van der Waals surface area contributed by atoms with E-state index in [9.17, 15) is 18.3 Å². The van der Waals surface area contributed by atoms with Gasteiger partial charge in [0.1, 0.15) is 11.5 Å². The second-order valence-electron chi connectivity index (χ2n) is 10.4. The van der Waals surface area contributed by atoms with Crippen molar-refractivity contribution in [3.8, 4) is 17.1 Å². The minimum atomic E-state index is -4.36. The summed E-state index contributed by atoms with van der Waals surface area (Å²) in [7, 11) is -4.36. The molecular weight excluding hydrogens is 532 g/mol. The Bertz CT molecular complexity index is 1460. The molecule has 11 heteroatoms. The number of rotatable bonds is 13. The number of aromatic carboxylic acids is 1. The average Bonchev–Trinajstić information content (AvgIpc) is 2.87. The molecule has 10 nitrogen and oxygen atoms in total. The maximum absolute atomic E-state index is 13.3. The van der Waals surface area contributed by atoms with Gasteiger partial charge in [0.05, 0.1) is 30.0 Å². The normalized spacial score (nSPS) is 12.5. The van der Waals surface area contributed by atoms with E-state index in [1.807, 2.05) is 45.9 Å². The largest absolute Gasteiger partial charge is 0.478 e. The Hall–Kier alpha value is -3.54. The third-order valence-corrected chi connectivity index (χ3v) is 7.42. The Labute approximate surface area is 236 Å². The van der Waals surface area contributed by atoms with Crippen LogP contribution in [-0.2, 0) is 21.2 Å². The standard InChI is InChI=1S/C29H38N4O6S/c1-17(2)14-21-11-9-10-19(5)25(21)26-20(6)27(39-16-22(30)15-38-18(3)4)32-29(31-26)33-40(36,37)24-13-8-7-12-23(24)28(34)35/h7-13,17-18,22H,14-16,30H2,1-6H3,(H,34,35)(H,31,32,33)/t22-/m1/s1. The van der Waals surface area contributed by atoms with E-state index in [-0.39, 0.29) is 36.7 Å². The lowest BCUT2D eigenvalue weighted by Crippen LogP contribution is -2.34. The highest BCUT2D eigenvalue weighted by Crippen LogP contribution is 2.35. The Morgan fingerprint density at radius 3 is 2.38 bits per heavy atom. The molecule has 0 fully saturated rings. The maximum Gasteiger partial charge on any atom is 0.337 e. The predicted molar refractivity (Wildman–Crippen MR) is 154 cm³/mol. The highest BCUT2D eigenvalue weighted by molar-refractivity contribution is 7.92. The number of carboxylic acids is 1. The molecule has 0 radical (unpaired) electrons. The van der Waals surface area contributed by atoms with Crippen LogP contribution >= 0.6 is 0 Å². The molecule has 2 aromatic carbocycles. The van der Waals surface area contributed by atoms with E-state index in [1.54, 1.807) is 0 Å². The Kier molecular flexibility index (Phi) is 10.2. The van der Waals surface area contributed by atoms with Gasteiger partial charge in [-0.3, -0.25) is 0 Å². The summed E-state index contributed by atoms with van der Waals surface area (Å²) in [5.41, 5.74) is 9.80. The van der Waals surface area contributed by atoms with Crippen LogP contribution in [0.1, 0.15) is 54.7 Å². The fraction of sp³-hybridized carbons (Fsp3) is 0.414. The lowest BCUT2D eigenvalue weighted by Gasteiger charge is -2.20. The molecule has 0 aliphatic heterocycles. The number of ether oxygens (including phenoxy) is 2. The fourth-order valence-corrected chi connectivity index (χ4v) is 5.35. The van der Waals surface area contributed by atoms with Crippen LogP contribution in [-0.4, -0.2) is 54.8 Å². The van der Waals surface area contributed by atoms with E-state index in [0.29, 0.717) is 17.2 Å². The number of nitrogens with zero attached hydrogens (tertiary/aromatic N) is 2. The summed E-state index contributed by atoms with van der Waals surface area (Å²) >= 11 is 0. The van der Waals surface area contributed by atoms with E-state index in [4.69, 9.17) is 15.2 Å². The molecule has 216 valence electrons. The quantitative estimate of drug-likeness (QED) is 0.268. The first-order chi connectivity index (χ1) is 18.8. The van der Waals surface area contributed by atoms with E-state index >= 15 is 0 Å². The summed E-state index contributed by atoms with van der Waals surface area (Å²) in [6.45, 7) is 12.2. The summed E-state index contributed by atoms with van der Waals surface area (Å²) in [5, 5.41) is 9.54. The van der Waals surface area contributed by atoms with Gasteiger partial charge < -0.3 is 20.3 Å². The summed E-state index contributed by atoms with van der Waals surface area (Å²) in [6.07, 6.45) is 0.787. The molecule has 0 aliphatic rings. The zero-order valence-electron chi connectivity index (χ0n) is 23.8. The first-order valence-corrected chi connectivity index (χ1v) is 14.6. The number of hydrogen-bond acceptors (Lipinski definition) is 8. The van der Waals surface area contributed by atoms with Crippen LogP contribution in [0.15, 0.2) is 47.4 Å². The number of carboxylic acid groups (broad SMARTS) is 1. The number of hydrogen-bond donors (Lipinski definition) is 3. The van der Waals surface area contributed by atoms with Gasteiger partial charge in [0.25, 0.3) is 10.0 Å². The van der Waals surface area contributed by atoms with Crippen molar-refractivity contribution in [1.29, 1.82) is 0 Å². The molecule has 0 unspecified atom stereocenters. The van der Waals surface area contributed by atoms with E-state index in [1.165, 1.54) is 24.3 Å². The third kappa shape index (κ3) is 7.77. The van der Waals surface area contributed by atoms with Gasteiger partial charge >= 0.3 is 5.97 Å². The van der Waals surface area contributed by atoms with Crippen LogP contribution in [0.2, 0.25) is 0 Å². The summed E-state index contributed by atoms with van der Waals surface area (Å²) in [6, 6.07) is 10.9. The highest BCUT2D eigenvalue weighted by atomic mass is 32.2. The molecule has 1 heterocycles. The van der Waals surface area contributed by atoms with Gasteiger partial charge in [-0.15, -0.1) is 0 Å². The number of carbonyl (C=O) groups is 1. The number of nitrogens with two attached hydrogens (primary N) is 1. The van der Waals surface area contributed by atoms with Crippen LogP contribution in [0.4, 0.5) is 5.95 Å². The summed E-state index contributed by atoms with van der Waals surface area (Å²) < 4.78 is 40.6. The van der Waals surface area contributed by atoms with E-state index in [2.05, 4.69) is 28.5 Å². The van der Waals surface area contributed by atoms with Gasteiger partial charge in [-0.1, -0.05) is 44.2 Å². The molecule has 0 spiro atoms. The first kappa shape index (κ1) is 31.0. The van der Waals surface area contributed by atoms with Gasteiger partial charge in [-0.05, 0) is 63.3 Å². The lowest BCUT2D eigenvalue weighted by molar-refractivity contribution is 0.0582. The summed E-state index contributed by atoms with van der Waals surface area (Å²) in [5.74, 6) is -1.09. The minimum absolute atomic E-state index is 0.00793. The maximum atomic E-state index is 13.3. The number of aromatic nitrogens is 2. The molecule has 0 amide bonds. The van der Waals surface area contributed by atoms with Crippen LogP contribution in [0.3, 0.4) is 0 Å². The highest BCUT2D eigenvalue weighted by Gasteiger charge is 2.25. The first-order valence-electron chi connectivity index (χ1n) is 13.1. The van der Waals surface area contributed by atoms with Crippen molar-refractivity contribution in [2.45, 2.75) is 65.0 Å². The topological polar surface area (TPSA) is 154 Å². The molecule has 4 N–H and O–H groups in total. The van der Waals surface area contributed by atoms with E-state index < -0.39 is 26.9 Å². The van der Waals surface area contributed by atoms with Crippen molar-refractivity contribution in [2.75, 3.05) is 17.9 Å². The minimum Gasteiger partial charge on any atom is -0.478 e. The van der Waals surface area contributed by atoms with Crippen molar-refractivity contribution in [3.05, 3.63) is 64.7 Å². The molecule has 0 aliphatic carbocycles. The van der Waals surface area contributed by atoms with Gasteiger partial charge in [0, 0.05) is 11.1 Å². The van der Waals surface area contributed by atoms with Gasteiger partial charge in [-0.2, -0.15) is 4.98 Å². The molecular formula is C29H38N4O6S. The second-order valence-corrected chi connectivity index (χ2v) is 12.0. The van der Waals surface area contributed by atoms with Crippen molar-refractivity contribution >= 4 is 21.9 Å². The Morgan fingerprint density at radius 1 is 1.02 bits per heavy atom. The van der Waals surface area contributed by atoms with Crippen LogP contribution in [0, 0.1) is 19.8 Å². The molecule has 3 aromatic rings. The molecule has 1 aromatic heterocycles. The lowest BCUT2D eigenvalue weighted by atomic mass is 9.91. The van der Waals surface area contributed by atoms with Gasteiger partial charge in [-0.25, -0.2) is 22.9 Å². The number of anilines is 1. The Balaban J connectivity index is 2.12. The zero-order valence-corrected chi connectivity index (χ0v) is 24.6. The predicted octanol–water partition coefficient (Wildman–Crippen LogP) is 4.59. The molecule has 40 heavy (non-hydrogen) atoms. The monoisotopic (exact) mass is 570 g/mol. The Morgan fingerprint density at radius 2 is 1.73 bits per heavy atom. The third-order valence-electron chi connectivity index (χ3n) is 6.04.